The molecule has 0 spiro atoms. The van der Waals surface area contributed by atoms with Gasteiger partial charge in [-0.3, -0.25) is 14.2 Å². The second-order valence-corrected chi connectivity index (χ2v) is 10.4. The lowest BCUT2D eigenvalue weighted by Gasteiger charge is -2.26. The Balaban J connectivity index is 1.86. The third-order valence-corrected chi connectivity index (χ3v) is 8.31. The van der Waals surface area contributed by atoms with Gasteiger partial charge < -0.3 is 19.1 Å². The van der Waals surface area contributed by atoms with Gasteiger partial charge in [0, 0.05) is 17.1 Å². The Bertz CT molecular complexity index is 1720. The molecule has 0 radical (unpaired) electrons. The molecule has 0 saturated heterocycles. The number of carbonyl (C=O) groups is 2. The molecule has 3 aromatic rings. The number of amides is 1. The fourth-order valence-corrected chi connectivity index (χ4v) is 6.48. The molecule has 0 unspecified atom stereocenters. The van der Waals surface area contributed by atoms with Crippen LogP contribution in [0.5, 0.6) is 11.5 Å². The van der Waals surface area contributed by atoms with E-state index in [1.54, 1.807) is 33.0 Å². The summed E-state index contributed by atoms with van der Waals surface area (Å²) < 4.78 is 18.6. The highest BCUT2D eigenvalue weighted by molar-refractivity contribution is 9.10. The predicted octanol–water partition coefficient (Wildman–Crippen LogP) is 2.92. The number of fused-ring (bicyclic) bond motifs is 2. The Morgan fingerprint density at radius 1 is 1.13 bits per heavy atom. The number of hydrogen-bond donors (Lipinski definition) is 0. The Hall–Kier alpha value is -3.70. The van der Waals surface area contributed by atoms with E-state index in [0.29, 0.717) is 43.2 Å². The van der Waals surface area contributed by atoms with Crippen LogP contribution in [0.1, 0.15) is 31.0 Å². The van der Waals surface area contributed by atoms with E-state index in [-0.39, 0.29) is 22.6 Å². The molecular formula is C27H24BrN3O6S. The lowest BCUT2D eigenvalue weighted by atomic mass is 9.95. The third kappa shape index (κ3) is 3.88. The summed E-state index contributed by atoms with van der Waals surface area (Å²) in [6.07, 6.45) is 0. The molecule has 0 N–H and O–H groups in total. The summed E-state index contributed by atoms with van der Waals surface area (Å²) in [6, 6.07) is 9.88. The number of carbonyl (C=O) groups excluding carboxylic acids is 2. The summed E-state index contributed by atoms with van der Waals surface area (Å²) in [5.74, 6) is 0.0458. The van der Waals surface area contributed by atoms with Crippen molar-refractivity contribution in [3.8, 4) is 11.5 Å². The average molecular weight is 598 g/mol. The smallest absolute Gasteiger partial charge is 0.338 e. The van der Waals surface area contributed by atoms with Gasteiger partial charge in [0.1, 0.15) is 4.53 Å². The van der Waals surface area contributed by atoms with Crippen molar-refractivity contribution < 1.29 is 23.8 Å². The van der Waals surface area contributed by atoms with Crippen LogP contribution in [0, 0.1) is 0 Å². The topological polar surface area (TPSA) is 99.4 Å². The van der Waals surface area contributed by atoms with Crippen LogP contribution < -0.4 is 29.3 Å². The summed E-state index contributed by atoms with van der Waals surface area (Å²) in [5.41, 5.74) is 2.50. The Morgan fingerprint density at radius 3 is 2.50 bits per heavy atom. The SMILES string of the molecule is CCOC(=O)C1=C(C)N=c2s/c(=C3\C(=O)N(C)c4ccccc43)c(=O)n2[C@H]1c1cc(OC)c(OC)cc1Br. The molecule has 5 rings (SSSR count). The zero-order valence-corrected chi connectivity index (χ0v) is 23.7. The van der Waals surface area contributed by atoms with E-state index < -0.39 is 17.6 Å². The normalized spacial score (nSPS) is 17.7. The van der Waals surface area contributed by atoms with Crippen LogP contribution in [0.15, 0.2) is 61.9 Å². The van der Waals surface area contributed by atoms with E-state index in [4.69, 9.17) is 14.2 Å². The maximum Gasteiger partial charge on any atom is 0.338 e. The number of nitrogens with zero attached hydrogens (tertiary/aromatic N) is 3. The number of allylic oxidation sites excluding steroid dienone is 1. The Labute approximate surface area is 230 Å². The van der Waals surface area contributed by atoms with Crippen LogP contribution in [0.25, 0.3) is 5.57 Å². The van der Waals surface area contributed by atoms with Crippen LogP contribution in [-0.2, 0) is 14.3 Å². The fraction of sp³-hybridized carbons (Fsp3) is 0.259. The highest BCUT2D eigenvalue weighted by Crippen LogP contribution is 2.41. The Kier molecular flexibility index (Phi) is 6.74. The third-order valence-electron chi connectivity index (χ3n) is 6.57. The number of rotatable bonds is 5. The molecule has 2 aliphatic heterocycles. The van der Waals surface area contributed by atoms with E-state index >= 15 is 0 Å². The van der Waals surface area contributed by atoms with E-state index in [9.17, 15) is 14.4 Å². The molecule has 0 aliphatic carbocycles. The first-order valence-electron chi connectivity index (χ1n) is 11.7. The number of likely N-dealkylation sites (N-methyl/N-ethyl adjacent to an activating group) is 1. The van der Waals surface area contributed by atoms with Crippen molar-refractivity contribution in [2.75, 3.05) is 32.8 Å². The maximum absolute atomic E-state index is 14.1. The van der Waals surface area contributed by atoms with Gasteiger partial charge >= 0.3 is 5.97 Å². The lowest BCUT2D eigenvalue weighted by molar-refractivity contribution is -0.139. The summed E-state index contributed by atoms with van der Waals surface area (Å²) in [7, 11) is 4.71. The first-order valence-corrected chi connectivity index (χ1v) is 13.4. The number of benzene rings is 2. The summed E-state index contributed by atoms with van der Waals surface area (Å²) in [6.45, 7) is 3.57. The zero-order valence-electron chi connectivity index (χ0n) is 21.3. The molecule has 3 heterocycles. The van der Waals surface area contributed by atoms with Crippen molar-refractivity contribution in [2.24, 2.45) is 4.99 Å². The Morgan fingerprint density at radius 2 is 1.82 bits per heavy atom. The van der Waals surface area contributed by atoms with Gasteiger partial charge in [-0.2, -0.15) is 0 Å². The van der Waals surface area contributed by atoms with Gasteiger partial charge in [-0.1, -0.05) is 45.5 Å². The lowest BCUT2D eigenvalue weighted by Crippen LogP contribution is -2.41. The van der Waals surface area contributed by atoms with Crippen LogP contribution in [0.2, 0.25) is 0 Å². The molecule has 1 aromatic heterocycles. The number of aromatic nitrogens is 1. The minimum absolute atomic E-state index is 0.154. The van der Waals surface area contributed by atoms with Gasteiger partial charge in [-0.15, -0.1) is 0 Å². The van der Waals surface area contributed by atoms with E-state index in [1.165, 1.54) is 23.7 Å². The van der Waals surface area contributed by atoms with Crippen LogP contribution in [0.4, 0.5) is 5.69 Å². The molecule has 2 aliphatic rings. The number of hydrogen-bond acceptors (Lipinski definition) is 8. The largest absolute Gasteiger partial charge is 0.493 e. The molecule has 0 saturated carbocycles. The van der Waals surface area contributed by atoms with Crippen molar-refractivity contribution in [1.82, 2.24) is 4.57 Å². The highest BCUT2D eigenvalue weighted by atomic mass is 79.9. The number of para-hydroxylation sites is 1. The summed E-state index contributed by atoms with van der Waals surface area (Å²) >= 11 is 4.71. The molecule has 1 atom stereocenters. The first kappa shape index (κ1) is 25.9. The van der Waals surface area contributed by atoms with Gasteiger partial charge in [-0.25, -0.2) is 9.79 Å². The number of anilines is 1. The first-order chi connectivity index (χ1) is 18.2. The molecule has 2 aromatic carbocycles. The van der Waals surface area contributed by atoms with Crippen molar-refractivity contribution in [3.05, 3.63) is 83.0 Å². The summed E-state index contributed by atoms with van der Waals surface area (Å²) in [5, 5.41) is 0. The number of esters is 1. The van der Waals surface area contributed by atoms with Gasteiger partial charge in [-0.05, 0) is 37.6 Å². The maximum atomic E-state index is 14.1. The monoisotopic (exact) mass is 597 g/mol. The van der Waals surface area contributed by atoms with Crippen LogP contribution >= 0.6 is 27.3 Å². The summed E-state index contributed by atoms with van der Waals surface area (Å²) in [4.78, 5) is 47.2. The van der Waals surface area contributed by atoms with Gasteiger partial charge in [0.2, 0.25) is 0 Å². The van der Waals surface area contributed by atoms with Crippen LogP contribution in [0.3, 0.4) is 0 Å². The predicted molar refractivity (Wildman–Crippen MR) is 146 cm³/mol. The van der Waals surface area contributed by atoms with Crippen molar-refractivity contribution >= 4 is 50.4 Å². The molecule has 38 heavy (non-hydrogen) atoms. The van der Waals surface area contributed by atoms with Gasteiger partial charge in [0.15, 0.2) is 16.3 Å². The molecule has 0 bridgehead atoms. The molecule has 0 fully saturated rings. The zero-order chi connectivity index (χ0) is 27.3. The van der Waals surface area contributed by atoms with Gasteiger partial charge in [0.05, 0.1) is 49.4 Å². The number of halogens is 1. The second-order valence-electron chi connectivity index (χ2n) is 8.61. The minimum Gasteiger partial charge on any atom is -0.493 e. The fourth-order valence-electron chi connectivity index (χ4n) is 4.80. The van der Waals surface area contributed by atoms with Gasteiger partial charge in [0.25, 0.3) is 11.5 Å². The second kappa shape index (κ2) is 9.88. The van der Waals surface area contributed by atoms with E-state index in [1.807, 2.05) is 24.3 Å². The number of ether oxygens (including phenoxy) is 3. The number of methoxy groups -OCH3 is 2. The highest BCUT2D eigenvalue weighted by Gasteiger charge is 2.37. The molecule has 9 nitrogen and oxygen atoms in total. The van der Waals surface area contributed by atoms with Crippen LogP contribution in [-0.4, -0.2) is 44.3 Å². The average Bonchev–Trinajstić information content (AvgIpc) is 3.35. The minimum atomic E-state index is -0.890. The molecular weight excluding hydrogens is 574 g/mol. The molecule has 11 heteroatoms. The number of thiazole rings is 1. The standard InChI is InChI=1S/C27H24BrN3O6S/c1-6-37-26(34)20-13(2)29-27-31(22(20)15-11-18(35-4)19(36-5)12-16(15)28)25(33)23(38-27)21-14-9-7-8-10-17(14)30(3)24(21)32/h7-12,22H,6H2,1-5H3/b23-21-/t22-/m0/s1. The van der Waals surface area contributed by atoms with Crippen molar-refractivity contribution in [2.45, 2.75) is 19.9 Å². The van der Waals surface area contributed by atoms with E-state index in [2.05, 4.69) is 20.9 Å². The van der Waals surface area contributed by atoms with Crippen molar-refractivity contribution in [1.29, 1.82) is 0 Å². The molecule has 196 valence electrons. The van der Waals surface area contributed by atoms with Crippen molar-refractivity contribution in [3.63, 3.8) is 0 Å². The molecule has 1 amide bonds. The van der Waals surface area contributed by atoms with E-state index in [0.717, 1.165) is 17.0 Å². The quantitative estimate of drug-likeness (QED) is 0.419.